The van der Waals surface area contributed by atoms with E-state index in [4.69, 9.17) is 4.74 Å². The third-order valence-corrected chi connectivity index (χ3v) is 5.33. The lowest BCUT2D eigenvalue weighted by atomic mass is 10.0. The van der Waals surface area contributed by atoms with E-state index in [1.807, 2.05) is 4.90 Å². The molecule has 0 N–H and O–H groups in total. The second-order valence-electron chi connectivity index (χ2n) is 6.84. The quantitative estimate of drug-likeness (QED) is 0.706. The lowest BCUT2D eigenvalue weighted by Crippen LogP contribution is -2.55. The molecule has 0 saturated carbocycles. The van der Waals surface area contributed by atoms with Gasteiger partial charge < -0.3 is 14.5 Å². The number of rotatable bonds is 3. The molecule has 3 heterocycles. The van der Waals surface area contributed by atoms with Crippen molar-refractivity contribution in [2.75, 3.05) is 79.2 Å². The van der Waals surface area contributed by atoms with Crippen LogP contribution in [0, 0.1) is 0 Å². The summed E-state index contributed by atoms with van der Waals surface area (Å²) in [6.45, 7) is 10.2. The average molecular weight is 310 g/mol. The number of likely N-dealkylation sites (tertiary alicyclic amines) is 1. The van der Waals surface area contributed by atoms with Gasteiger partial charge in [0.25, 0.3) is 0 Å². The van der Waals surface area contributed by atoms with Crippen molar-refractivity contribution in [1.29, 1.82) is 0 Å². The monoisotopic (exact) mass is 310 g/mol. The van der Waals surface area contributed by atoms with Gasteiger partial charge in [0.15, 0.2) is 0 Å². The van der Waals surface area contributed by atoms with Gasteiger partial charge in [0.05, 0.1) is 19.8 Å². The number of amides is 1. The third kappa shape index (κ3) is 4.19. The van der Waals surface area contributed by atoms with Gasteiger partial charge in [-0.3, -0.25) is 14.6 Å². The molecule has 3 rings (SSSR count). The normalized spacial score (nSPS) is 27.2. The van der Waals surface area contributed by atoms with E-state index < -0.39 is 0 Å². The number of hydrogen-bond acceptors (Lipinski definition) is 5. The van der Waals surface area contributed by atoms with Gasteiger partial charge in [0.1, 0.15) is 0 Å². The van der Waals surface area contributed by atoms with Gasteiger partial charge in [0, 0.05) is 45.3 Å². The van der Waals surface area contributed by atoms with Crippen molar-refractivity contribution >= 4 is 5.91 Å². The Balaban J connectivity index is 1.39. The first-order chi connectivity index (χ1) is 10.7. The number of morpholine rings is 1. The first-order valence-corrected chi connectivity index (χ1v) is 8.73. The molecule has 22 heavy (non-hydrogen) atoms. The topological polar surface area (TPSA) is 39.3 Å². The number of carbonyl (C=O) groups excluding carboxylic acids is 1. The maximum Gasteiger partial charge on any atom is 0.236 e. The summed E-state index contributed by atoms with van der Waals surface area (Å²) in [6.07, 6.45) is 2.59. The number of carbonyl (C=O) groups is 1. The van der Waals surface area contributed by atoms with Gasteiger partial charge in [-0.2, -0.15) is 0 Å². The number of ether oxygens (including phenoxy) is 1. The third-order valence-electron chi connectivity index (χ3n) is 5.33. The van der Waals surface area contributed by atoms with E-state index in [2.05, 4.69) is 21.7 Å². The van der Waals surface area contributed by atoms with Crippen LogP contribution < -0.4 is 0 Å². The van der Waals surface area contributed by atoms with E-state index in [0.29, 0.717) is 19.8 Å². The summed E-state index contributed by atoms with van der Waals surface area (Å²) in [4.78, 5) is 21.6. The Labute approximate surface area is 134 Å². The number of piperazine rings is 1. The van der Waals surface area contributed by atoms with Gasteiger partial charge >= 0.3 is 0 Å². The molecule has 0 aromatic carbocycles. The summed E-state index contributed by atoms with van der Waals surface area (Å²) in [5, 5.41) is 0. The van der Waals surface area contributed by atoms with Crippen molar-refractivity contribution in [2.24, 2.45) is 0 Å². The molecule has 126 valence electrons. The minimum absolute atomic E-state index is 0.274. The average Bonchev–Trinajstić information content (AvgIpc) is 2.57. The van der Waals surface area contributed by atoms with Gasteiger partial charge in [-0.05, 0) is 33.0 Å². The van der Waals surface area contributed by atoms with Gasteiger partial charge in [-0.1, -0.05) is 0 Å². The molecule has 6 nitrogen and oxygen atoms in total. The summed E-state index contributed by atoms with van der Waals surface area (Å²) >= 11 is 0. The summed E-state index contributed by atoms with van der Waals surface area (Å²) in [5.74, 6) is 0.274. The van der Waals surface area contributed by atoms with E-state index >= 15 is 0 Å². The molecule has 3 aliphatic heterocycles. The number of nitrogens with zero attached hydrogens (tertiary/aromatic N) is 4. The lowest BCUT2D eigenvalue weighted by Gasteiger charge is -2.42. The summed E-state index contributed by atoms with van der Waals surface area (Å²) in [5.41, 5.74) is 0. The highest BCUT2D eigenvalue weighted by atomic mass is 16.5. The molecular weight excluding hydrogens is 280 g/mol. The molecule has 0 spiro atoms. The summed E-state index contributed by atoms with van der Waals surface area (Å²) in [7, 11) is 2.21. The minimum Gasteiger partial charge on any atom is -0.378 e. The second kappa shape index (κ2) is 7.73. The first kappa shape index (κ1) is 16.2. The zero-order valence-corrected chi connectivity index (χ0v) is 13.9. The van der Waals surface area contributed by atoms with Crippen molar-refractivity contribution in [3.63, 3.8) is 0 Å². The van der Waals surface area contributed by atoms with Crippen molar-refractivity contribution in [3.05, 3.63) is 0 Å². The van der Waals surface area contributed by atoms with Crippen LogP contribution in [0.3, 0.4) is 0 Å². The van der Waals surface area contributed by atoms with Crippen LogP contribution in [0.5, 0.6) is 0 Å². The molecule has 0 aliphatic carbocycles. The smallest absolute Gasteiger partial charge is 0.236 e. The van der Waals surface area contributed by atoms with Crippen LogP contribution in [0.15, 0.2) is 0 Å². The Kier molecular flexibility index (Phi) is 5.68. The molecule has 3 aliphatic rings. The molecule has 0 aromatic heterocycles. The highest BCUT2D eigenvalue weighted by Crippen LogP contribution is 2.17. The van der Waals surface area contributed by atoms with Crippen LogP contribution in [0.2, 0.25) is 0 Å². The molecule has 0 aromatic rings. The Hall–Kier alpha value is -0.690. The van der Waals surface area contributed by atoms with E-state index in [0.717, 1.165) is 45.3 Å². The van der Waals surface area contributed by atoms with Gasteiger partial charge in [0.2, 0.25) is 5.91 Å². The largest absolute Gasteiger partial charge is 0.378 e. The van der Waals surface area contributed by atoms with Gasteiger partial charge in [-0.25, -0.2) is 0 Å². The highest BCUT2D eigenvalue weighted by Gasteiger charge is 2.28. The number of piperidine rings is 1. The Morgan fingerprint density at radius 1 is 0.955 bits per heavy atom. The maximum atomic E-state index is 12.3. The zero-order valence-electron chi connectivity index (χ0n) is 13.9. The fraction of sp³-hybridized carbons (Fsp3) is 0.938. The molecule has 6 heteroatoms. The Morgan fingerprint density at radius 2 is 1.59 bits per heavy atom. The fourth-order valence-corrected chi connectivity index (χ4v) is 3.75. The summed E-state index contributed by atoms with van der Waals surface area (Å²) < 4.78 is 5.31. The SMILES string of the molecule is CN1CCC(N2CCN(CC(=O)N3CCOCC3)CC2)CC1. The first-order valence-electron chi connectivity index (χ1n) is 8.73. The van der Waals surface area contributed by atoms with Crippen LogP contribution in [0.4, 0.5) is 0 Å². The molecule has 0 radical (unpaired) electrons. The molecular formula is C16H30N4O2. The maximum absolute atomic E-state index is 12.3. The van der Waals surface area contributed by atoms with Crippen molar-refractivity contribution in [3.8, 4) is 0 Å². The van der Waals surface area contributed by atoms with Crippen LogP contribution >= 0.6 is 0 Å². The van der Waals surface area contributed by atoms with Gasteiger partial charge in [-0.15, -0.1) is 0 Å². The molecule has 3 fully saturated rings. The van der Waals surface area contributed by atoms with E-state index in [1.54, 1.807) is 0 Å². The molecule has 0 bridgehead atoms. The van der Waals surface area contributed by atoms with E-state index in [-0.39, 0.29) is 5.91 Å². The molecule has 1 amide bonds. The molecule has 0 unspecified atom stereocenters. The van der Waals surface area contributed by atoms with Crippen molar-refractivity contribution < 1.29 is 9.53 Å². The lowest BCUT2D eigenvalue weighted by molar-refractivity contribution is -0.137. The zero-order chi connectivity index (χ0) is 15.4. The number of hydrogen-bond donors (Lipinski definition) is 0. The summed E-state index contributed by atoms with van der Waals surface area (Å²) in [6, 6.07) is 0.758. The predicted octanol–water partition coefficient (Wildman–Crippen LogP) is -0.443. The standard InChI is InChI=1S/C16H30N4O2/c1-17-4-2-15(3-5-17)19-8-6-18(7-9-19)14-16(21)20-10-12-22-13-11-20/h15H,2-14H2,1H3. The molecule has 3 saturated heterocycles. The Bertz CT molecular complexity index is 357. The molecule has 0 atom stereocenters. The predicted molar refractivity (Wildman–Crippen MR) is 85.9 cm³/mol. The minimum atomic E-state index is 0.274. The van der Waals surface area contributed by atoms with E-state index in [1.165, 1.54) is 25.9 Å². The van der Waals surface area contributed by atoms with Crippen molar-refractivity contribution in [1.82, 2.24) is 19.6 Å². The second-order valence-corrected chi connectivity index (χ2v) is 6.84. The highest BCUT2D eigenvalue weighted by molar-refractivity contribution is 5.78. The van der Waals surface area contributed by atoms with Crippen LogP contribution in [0.1, 0.15) is 12.8 Å². The fourth-order valence-electron chi connectivity index (χ4n) is 3.75. The van der Waals surface area contributed by atoms with Crippen LogP contribution in [0.25, 0.3) is 0 Å². The van der Waals surface area contributed by atoms with E-state index in [9.17, 15) is 4.79 Å². The van der Waals surface area contributed by atoms with Crippen LogP contribution in [-0.2, 0) is 9.53 Å². The van der Waals surface area contributed by atoms with Crippen LogP contribution in [-0.4, -0.2) is 111 Å². The Morgan fingerprint density at radius 3 is 2.23 bits per heavy atom. The van der Waals surface area contributed by atoms with Crippen molar-refractivity contribution in [2.45, 2.75) is 18.9 Å².